The van der Waals surface area contributed by atoms with Crippen molar-refractivity contribution in [1.82, 2.24) is 15.5 Å². The molecule has 1 aromatic carbocycles. The van der Waals surface area contributed by atoms with E-state index in [0.29, 0.717) is 12.0 Å². The van der Waals surface area contributed by atoms with Gasteiger partial charge in [0.1, 0.15) is 5.25 Å². The van der Waals surface area contributed by atoms with Crippen molar-refractivity contribution in [2.45, 2.75) is 30.4 Å². The molecule has 0 spiro atoms. The Labute approximate surface area is 137 Å². The standard InChI is InChI=1S/C15H17N3O4S/c1-3-11(14(20)21-2)23-15-18-17-12(22-15)9-16-13(19)10-7-5-4-6-8-10/h4-8,11H,3,9H2,1-2H3,(H,16,19)/t11-/m0/s1. The number of nitrogens with one attached hydrogen (secondary N) is 1. The molecule has 0 saturated heterocycles. The van der Waals surface area contributed by atoms with Crippen molar-refractivity contribution in [3.63, 3.8) is 0 Å². The highest BCUT2D eigenvalue weighted by atomic mass is 32.2. The van der Waals surface area contributed by atoms with Crippen LogP contribution in [0, 0.1) is 0 Å². The number of carbonyl (C=O) groups excluding carboxylic acids is 2. The second kappa shape index (κ2) is 8.33. The predicted molar refractivity (Wildman–Crippen MR) is 83.9 cm³/mol. The molecule has 0 fully saturated rings. The lowest BCUT2D eigenvalue weighted by Gasteiger charge is -2.08. The maximum atomic E-state index is 11.9. The first-order chi connectivity index (χ1) is 11.1. The van der Waals surface area contributed by atoms with Crippen molar-refractivity contribution >= 4 is 23.6 Å². The Morgan fingerprint density at radius 3 is 2.70 bits per heavy atom. The summed E-state index contributed by atoms with van der Waals surface area (Å²) in [5, 5.41) is 10.3. The third kappa shape index (κ3) is 4.82. The van der Waals surface area contributed by atoms with E-state index in [-0.39, 0.29) is 29.5 Å². The minimum atomic E-state index is -0.396. The molecule has 7 nitrogen and oxygen atoms in total. The van der Waals surface area contributed by atoms with E-state index in [1.54, 1.807) is 24.3 Å². The van der Waals surface area contributed by atoms with Gasteiger partial charge >= 0.3 is 5.97 Å². The van der Waals surface area contributed by atoms with Crippen LogP contribution in [0.3, 0.4) is 0 Å². The van der Waals surface area contributed by atoms with Crippen LogP contribution in [0.5, 0.6) is 0 Å². The van der Waals surface area contributed by atoms with Gasteiger partial charge in [0, 0.05) is 5.56 Å². The molecule has 0 aliphatic rings. The number of nitrogens with zero attached hydrogens (tertiary/aromatic N) is 2. The average molecular weight is 335 g/mol. The number of thioether (sulfide) groups is 1. The Morgan fingerprint density at radius 2 is 2.04 bits per heavy atom. The Kier molecular flexibility index (Phi) is 6.16. The van der Waals surface area contributed by atoms with Crippen LogP contribution in [0.25, 0.3) is 0 Å². The van der Waals surface area contributed by atoms with Crippen LogP contribution < -0.4 is 5.32 Å². The topological polar surface area (TPSA) is 94.3 Å². The van der Waals surface area contributed by atoms with Crippen LogP contribution in [0.1, 0.15) is 29.6 Å². The van der Waals surface area contributed by atoms with E-state index in [2.05, 4.69) is 15.5 Å². The SMILES string of the molecule is CC[C@H](Sc1nnc(CNC(=O)c2ccccc2)o1)C(=O)OC. The Bertz CT molecular complexity index is 660. The van der Waals surface area contributed by atoms with Gasteiger partial charge in [-0.15, -0.1) is 10.2 Å². The summed E-state index contributed by atoms with van der Waals surface area (Å²) in [4.78, 5) is 23.4. The number of amides is 1. The van der Waals surface area contributed by atoms with Gasteiger partial charge in [-0.2, -0.15) is 0 Å². The van der Waals surface area contributed by atoms with E-state index in [4.69, 9.17) is 9.15 Å². The highest BCUT2D eigenvalue weighted by Gasteiger charge is 2.21. The number of rotatable bonds is 7. The van der Waals surface area contributed by atoms with Crippen molar-refractivity contribution in [1.29, 1.82) is 0 Å². The Morgan fingerprint density at radius 1 is 1.30 bits per heavy atom. The Balaban J connectivity index is 1.90. The van der Waals surface area contributed by atoms with Crippen molar-refractivity contribution in [3.05, 3.63) is 41.8 Å². The molecule has 2 aromatic rings. The van der Waals surface area contributed by atoms with Crippen LogP contribution in [-0.2, 0) is 16.1 Å². The molecule has 0 aliphatic carbocycles. The molecule has 1 amide bonds. The van der Waals surface area contributed by atoms with Gasteiger partial charge in [0.2, 0.25) is 5.89 Å². The summed E-state index contributed by atoms with van der Waals surface area (Å²) in [5.41, 5.74) is 0.554. The molecule has 1 atom stereocenters. The highest BCUT2D eigenvalue weighted by Crippen LogP contribution is 2.24. The number of benzene rings is 1. The molecule has 8 heteroatoms. The van der Waals surface area contributed by atoms with Crippen LogP contribution in [0.4, 0.5) is 0 Å². The number of methoxy groups -OCH3 is 1. The second-order valence-corrected chi connectivity index (χ2v) is 5.70. The minimum Gasteiger partial charge on any atom is -0.468 e. The molecule has 122 valence electrons. The summed E-state index contributed by atoms with van der Waals surface area (Å²) < 4.78 is 10.1. The first kappa shape index (κ1) is 17.0. The molecule has 0 aliphatic heterocycles. The summed E-state index contributed by atoms with van der Waals surface area (Å²) in [7, 11) is 1.34. The van der Waals surface area contributed by atoms with Gasteiger partial charge in [-0.1, -0.05) is 36.9 Å². The quantitative estimate of drug-likeness (QED) is 0.611. The average Bonchev–Trinajstić information content (AvgIpc) is 3.05. The lowest BCUT2D eigenvalue weighted by atomic mass is 10.2. The molecule has 1 aromatic heterocycles. The molecule has 0 saturated carbocycles. The number of hydrogen-bond donors (Lipinski definition) is 1. The van der Waals surface area contributed by atoms with Crippen molar-refractivity contribution in [2.75, 3.05) is 7.11 Å². The van der Waals surface area contributed by atoms with E-state index in [9.17, 15) is 9.59 Å². The third-order valence-corrected chi connectivity index (χ3v) is 4.14. The summed E-state index contributed by atoms with van der Waals surface area (Å²) in [6.07, 6.45) is 0.583. The predicted octanol–water partition coefficient (Wildman–Crippen LogP) is 2.04. The molecular weight excluding hydrogens is 318 g/mol. The molecular formula is C15H17N3O4S. The number of hydrogen-bond acceptors (Lipinski definition) is 7. The smallest absolute Gasteiger partial charge is 0.319 e. The molecule has 2 rings (SSSR count). The summed E-state index contributed by atoms with van der Waals surface area (Å²) >= 11 is 1.15. The lowest BCUT2D eigenvalue weighted by Crippen LogP contribution is -2.22. The fraction of sp³-hybridized carbons (Fsp3) is 0.333. The summed E-state index contributed by atoms with van der Waals surface area (Å²) in [5.74, 6) is -0.287. The number of ether oxygens (including phenoxy) is 1. The maximum absolute atomic E-state index is 11.9. The fourth-order valence-electron chi connectivity index (χ4n) is 1.76. The van der Waals surface area contributed by atoms with Gasteiger partial charge in [0.15, 0.2) is 0 Å². The van der Waals surface area contributed by atoms with Gasteiger partial charge in [-0.25, -0.2) is 0 Å². The third-order valence-electron chi connectivity index (χ3n) is 2.96. The first-order valence-corrected chi connectivity index (χ1v) is 7.92. The van der Waals surface area contributed by atoms with Crippen LogP contribution in [0.2, 0.25) is 0 Å². The normalized spacial score (nSPS) is 11.7. The summed E-state index contributed by atoms with van der Waals surface area (Å²) in [6, 6.07) is 8.84. The minimum absolute atomic E-state index is 0.121. The van der Waals surface area contributed by atoms with E-state index in [0.717, 1.165) is 11.8 Å². The van der Waals surface area contributed by atoms with Gasteiger partial charge in [-0.3, -0.25) is 9.59 Å². The van der Waals surface area contributed by atoms with Gasteiger partial charge in [0.05, 0.1) is 13.7 Å². The molecule has 23 heavy (non-hydrogen) atoms. The van der Waals surface area contributed by atoms with Crippen molar-refractivity contribution in [3.8, 4) is 0 Å². The molecule has 1 N–H and O–H groups in total. The van der Waals surface area contributed by atoms with E-state index >= 15 is 0 Å². The Hall–Kier alpha value is -2.35. The maximum Gasteiger partial charge on any atom is 0.319 e. The van der Waals surface area contributed by atoms with E-state index in [1.165, 1.54) is 7.11 Å². The molecule has 1 heterocycles. The lowest BCUT2D eigenvalue weighted by molar-refractivity contribution is -0.140. The number of carbonyl (C=O) groups is 2. The summed E-state index contributed by atoms with van der Waals surface area (Å²) in [6.45, 7) is 1.99. The monoisotopic (exact) mass is 335 g/mol. The molecule has 0 radical (unpaired) electrons. The number of aromatic nitrogens is 2. The second-order valence-electron chi connectivity index (χ2n) is 4.55. The molecule has 0 bridgehead atoms. The zero-order chi connectivity index (χ0) is 16.7. The molecule has 0 unspecified atom stereocenters. The van der Waals surface area contributed by atoms with Crippen LogP contribution in [-0.4, -0.2) is 34.4 Å². The van der Waals surface area contributed by atoms with E-state index < -0.39 is 5.25 Å². The highest BCUT2D eigenvalue weighted by molar-refractivity contribution is 8.00. The van der Waals surface area contributed by atoms with Crippen LogP contribution in [0.15, 0.2) is 40.0 Å². The largest absolute Gasteiger partial charge is 0.468 e. The zero-order valence-corrected chi connectivity index (χ0v) is 13.6. The van der Waals surface area contributed by atoms with Crippen molar-refractivity contribution < 1.29 is 18.7 Å². The van der Waals surface area contributed by atoms with Crippen molar-refractivity contribution in [2.24, 2.45) is 0 Å². The van der Waals surface area contributed by atoms with Gasteiger partial charge < -0.3 is 14.5 Å². The van der Waals surface area contributed by atoms with Gasteiger partial charge in [0.25, 0.3) is 11.1 Å². The van der Waals surface area contributed by atoms with Crippen LogP contribution >= 0.6 is 11.8 Å². The fourth-order valence-corrected chi connectivity index (χ4v) is 2.59. The van der Waals surface area contributed by atoms with Gasteiger partial charge in [-0.05, 0) is 18.6 Å². The number of esters is 1. The zero-order valence-electron chi connectivity index (χ0n) is 12.8. The first-order valence-electron chi connectivity index (χ1n) is 7.04. The van der Waals surface area contributed by atoms with E-state index in [1.807, 2.05) is 13.0 Å².